The normalized spacial score (nSPS) is 11.8. The molecule has 2 amide bonds. The highest BCUT2D eigenvalue weighted by atomic mass is 79.9. The summed E-state index contributed by atoms with van der Waals surface area (Å²) >= 11 is 4.87. The van der Waals surface area contributed by atoms with Gasteiger partial charge in [0.1, 0.15) is 6.04 Å². The summed E-state index contributed by atoms with van der Waals surface area (Å²) in [5, 5.41) is 7.57. The van der Waals surface area contributed by atoms with Crippen LogP contribution < -0.4 is 20.1 Å². The number of thiophene rings is 1. The summed E-state index contributed by atoms with van der Waals surface area (Å²) in [4.78, 5) is 25.5. The number of carbonyl (C=O) groups is 2. The van der Waals surface area contributed by atoms with Crippen LogP contribution in [0.15, 0.2) is 34.1 Å². The second-order valence-electron chi connectivity index (χ2n) is 6.51. The first-order valence-electron chi connectivity index (χ1n) is 8.89. The van der Waals surface area contributed by atoms with Crippen LogP contribution in [0, 0.1) is 5.92 Å². The molecule has 1 aromatic heterocycles. The molecule has 0 aliphatic heterocycles. The van der Waals surface area contributed by atoms with Gasteiger partial charge in [-0.2, -0.15) is 0 Å². The first kappa shape index (κ1) is 22.2. The van der Waals surface area contributed by atoms with Gasteiger partial charge in [0.05, 0.1) is 19.1 Å². The van der Waals surface area contributed by atoms with Crippen molar-refractivity contribution in [3.8, 4) is 11.5 Å². The molecule has 1 aromatic carbocycles. The van der Waals surface area contributed by atoms with Crippen LogP contribution in [0.2, 0.25) is 0 Å². The van der Waals surface area contributed by atoms with Crippen LogP contribution >= 0.6 is 27.3 Å². The van der Waals surface area contributed by atoms with Gasteiger partial charge in [0.2, 0.25) is 5.91 Å². The number of nitrogens with one attached hydrogen (secondary N) is 2. The summed E-state index contributed by atoms with van der Waals surface area (Å²) in [5.74, 6) is 0.813. The molecule has 0 spiro atoms. The Kier molecular flexibility index (Phi) is 8.32. The molecule has 152 valence electrons. The fraction of sp³-hybridized carbons (Fsp3) is 0.400. The Labute approximate surface area is 177 Å². The number of benzene rings is 1. The van der Waals surface area contributed by atoms with E-state index in [1.165, 1.54) is 11.3 Å². The standard InChI is InChI=1S/C20H25BrN2O4S/c1-12(2)18(23-19(24)17-6-5-9-28-17)20(25)22-8-7-13-10-15(26-3)16(27-4)11-14(13)21/h5-6,9-12,18H,7-8H2,1-4H3,(H,22,25)(H,23,24). The largest absolute Gasteiger partial charge is 0.493 e. The van der Waals surface area contributed by atoms with Gasteiger partial charge in [0.15, 0.2) is 11.5 Å². The Morgan fingerprint density at radius 3 is 2.43 bits per heavy atom. The van der Waals surface area contributed by atoms with Crippen molar-refractivity contribution < 1.29 is 19.1 Å². The Morgan fingerprint density at radius 1 is 1.18 bits per heavy atom. The maximum Gasteiger partial charge on any atom is 0.262 e. The summed E-state index contributed by atoms with van der Waals surface area (Å²) in [7, 11) is 3.17. The van der Waals surface area contributed by atoms with E-state index in [1.807, 2.05) is 37.4 Å². The highest BCUT2D eigenvalue weighted by molar-refractivity contribution is 9.10. The van der Waals surface area contributed by atoms with E-state index in [2.05, 4.69) is 26.6 Å². The van der Waals surface area contributed by atoms with Crippen molar-refractivity contribution in [3.05, 3.63) is 44.6 Å². The Hall–Kier alpha value is -2.06. The number of rotatable bonds is 9. The predicted octanol–water partition coefficient (Wildman–Crippen LogP) is 3.64. The molecule has 0 bridgehead atoms. The van der Waals surface area contributed by atoms with Crippen LogP contribution in [-0.2, 0) is 11.2 Å². The van der Waals surface area contributed by atoms with Gasteiger partial charge < -0.3 is 20.1 Å². The quantitative estimate of drug-likeness (QED) is 0.588. The molecule has 1 unspecified atom stereocenters. The third-order valence-electron chi connectivity index (χ3n) is 4.23. The summed E-state index contributed by atoms with van der Waals surface area (Å²) in [6, 6.07) is 6.68. The minimum absolute atomic E-state index is 0.0308. The summed E-state index contributed by atoms with van der Waals surface area (Å²) in [6.07, 6.45) is 0.608. The highest BCUT2D eigenvalue weighted by Gasteiger charge is 2.24. The molecule has 0 aliphatic rings. The molecule has 6 nitrogen and oxygen atoms in total. The van der Waals surface area contributed by atoms with Crippen LogP contribution in [0.4, 0.5) is 0 Å². The third-order valence-corrected chi connectivity index (χ3v) is 5.83. The average Bonchev–Trinajstić information content (AvgIpc) is 3.21. The molecule has 28 heavy (non-hydrogen) atoms. The molecule has 0 radical (unpaired) electrons. The lowest BCUT2D eigenvalue weighted by atomic mass is 10.0. The topological polar surface area (TPSA) is 76.7 Å². The van der Waals surface area contributed by atoms with Gasteiger partial charge in [-0.25, -0.2) is 0 Å². The van der Waals surface area contributed by atoms with E-state index in [9.17, 15) is 9.59 Å². The molecular formula is C20H25BrN2O4S. The van der Waals surface area contributed by atoms with Crippen LogP contribution in [0.1, 0.15) is 29.1 Å². The lowest BCUT2D eigenvalue weighted by Crippen LogP contribution is -2.49. The van der Waals surface area contributed by atoms with E-state index in [-0.39, 0.29) is 17.7 Å². The van der Waals surface area contributed by atoms with Gasteiger partial charge in [-0.15, -0.1) is 11.3 Å². The van der Waals surface area contributed by atoms with Crippen LogP contribution in [-0.4, -0.2) is 38.6 Å². The Morgan fingerprint density at radius 2 is 1.86 bits per heavy atom. The van der Waals surface area contributed by atoms with Crippen LogP contribution in [0.3, 0.4) is 0 Å². The Bertz CT molecular complexity index is 809. The van der Waals surface area contributed by atoms with Gasteiger partial charge in [0.25, 0.3) is 5.91 Å². The SMILES string of the molecule is COc1cc(Br)c(CCNC(=O)C(NC(=O)c2cccs2)C(C)C)cc1OC. The zero-order valence-corrected chi connectivity index (χ0v) is 18.8. The second-order valence-corrected chi connectivity index (χ2v) is 8.31. The highest BCUT2D eigenvalue weighted by Crippen LogP contribution is 2.33. The summed E-state index contributed by atoms with van der Waals surface area (Å²) in [6.45, 7) is 4.25. The average molecular weight is 469 g/mol. The number of ether oxygens (including phenoxy) is 2. The lowest BCUT2D eigenvalue weighted by Gasteiger charge is -2.21. The predicted molar refractivity (Wildman–Crippen MR) is 114 cm³/mol. The fourth-order valence-corrected chi connectivity index (χ4v) is 3.82. The molecule has 2 N–H and O–H groups in total. The molecule has 0 saturated heterocycles. The minimum atomic E-state index is -0.594. The minimum Gasteiger partial charge on any atom is -0.493 e. The number of carbonyl (C=O) groups excluding carboxylic acids is 2. The van der Waals surface area contributed by atoms with Crippen LogP contribution in [0.5, 0.6) is 11.5 Å². The van der Waals surface area contributed by atoms with Crippen molar-refractivity contribution >= 4 is 39.1 Å². The summed E-state index contributed by atoms with van der Waals surface area (Å²) < 4.78 is 11.5. The Balaban J connectivity index is 1.97. The van der Waals surface area contributed by atoms with Crippen molar-refractivity contribution in [2.75, 3.05) is 20.8 Å². The number of hydrogen-bond acceptors (Lipinski definition) is 5. The van der Waals surface area contributed by atoms with Crippen molar-refractivity contribution in [2.45, 2.75) is 26.3 Å². The zero-order chi connectivity index (χ0) is 20.7. The molecular weight excluding hydrogens is 444 g/mol. The summed E-state index contributed by atoms with van der Waals surface area (Å²) in [5.41, 5.74) is 0.988. The van der Waals surface area contributed by atoms with Gasteiger partial charge >= 0.3 is 0 Å². The van der Waals surface area contributed by atoms with Crippen molar-refractivity contribution in [1.82, 2.24) is 10.6 Å². The molecule has 8 heteroatoms. The smallest absolute Gasteiger partial charge is 0.262 e. The van der Waals surface area contributed by atoms with Gasteiger partial charge in [-0.05, 0) is 41.5 Å². The molecule has 2 aromatic rings. The fourth-order valence-electron chi connectivity index (χ4n) is 2.67. The van der Waals surface area contributed by atoms with E-state index in [0.29, 0.717) is 29.3 Å². The molecule has 1 atom stereocenters. The third kappa shape index (κ3) is 5.72. The zero-order valence-electron chi connectivity index (χ0n) is 16.4. The maximum atomic E-state index is 12.6. The van der Waals surface area contributed by atoms with E-state index >= 15 is 0 Å². The first-order valence-corrected chi connectivity index (χ1v) is 10.6. The molecule has 0 aliphatic carbocycles. The van der Waals surface area contributed by atoms with Crippen molar-refractivity contribution in [1.29, 1.82) is 0 Å². The van der Waals surface area contributed by atoms with Crippen molar-refractivity contribution in [3.63, 3.8) is 0 Å². The molecule has 0 saturated carbocycles. The van der Waals surface area contributed by atoms with Crippen LogP contribution in [0.25, 0.3) is 0 Å². The first-order chi connectivity index (χ1) is 13.4. The second kappa shape index (κ2) is 10.5. The van der Waals surface area contributed by atoms with Gasteiger partial charge in [-0.1, -0.05) is 35.8 Å². The van der Waals surface area contributed by atoms with E-state index < -0.39 is 6.04 Å². The van der Waals surface area contributed by atoms with E-state index in [0.717, 1.165) is 10.0 Å². The number of amides is 2. The molecule has 0 fully saturated rings. The van der Waals surface area contributed by atoms with Crippen molar-refractivity contribution in [2.24, 2.45) is 5.92 Å². The van der Waals surface area contributed by atoms with E-state index in [1.54, 1.807) is 20.3 Å². The molecule has 1 heterocycles. The van der Waals surface area contributed by atoms with Gasteiger partial charge in [0, 0.05) is 11.0 Å². The number of methoxy groups -OCH3 is 2. The lowest BCUT2D eigenvalue weighted by molar-refractivity contribution is -0.123. The monoisotopic (exact) mass is 468 g/mol. The van der Waals surface area contributed by atoms with E-state index in [4.69, 9.17) is 9.47 Å². The van der Waals surface area contributed by atoms with Gasteiger partial charge in [-0.3, -0.25) is 9.59 Å². The molecule has 2 rings (SSSR count). The maximum absolute atomic E-state index is 12.6. The number of halogens is 1. The number of hydrogen-bond donors (Lipinski definition) is 2.